The van der Waals surface area contributed by atoms with E-state index in [0.717, 1.165) is 66.7 Å². The van der Waals surface area contributed by atoms with Gasteiger partial charge in [0.2, 0.25) is 0 Å². The average molecular weight is 751 g/mol. The summed E-state index contributed by atoms with van der Waals surface area (Å²) in [6.07, 6.45) is -0.288. The number of rotatable bonds is 5. The zero-order valence-corrected chi connectivity index (χ0v) is 31.5. The minimum Gasteiger partial charge on any atom is -0.453 e. The number of thiophene rings is 1. The molecular weight excluding hydrogens is 717 g/mol. The van der Waals surface area contributed by atoms with Crippen molar-refractivity contribution in [3.8, 4) is 16.8 Å². The van der Waals surface area contributed by atoms with Gasteiger partial charge in [-0.2, -0.15) is 0 Å². The van der Waals surface area contributed by atoms with E-state index in [9.17, 15) is 0 Å². The summed E-state index contributed by atoms with van der Waals surface area (Å²) in [5.74, 6) is 0.889. The van der Waals surface area contributed by atoms with Gasteiger partial charge < -0.3 is 14.3 Å². The molecule has 0 spiro atoms. The molecule has 0 radical (unpaired) electrons. The lowest BCUT2D eigenvalue weighted by Crippen LogP contribution is -2.44. The van der Waals surface area contributed by atoms with E-state index >= 15 is 0 Å². The van der Waals surface area contributed by atoms with Gasteiger partial charge in [0.25, 0.3) is 0 Å². The van der Waals surface area contributed by atoms with E-state index in [1.807, 2.05) is 11.3 Å². The highest BCUT2D eigenvalue weighted by Crippen LogP contribution is 2.43. The van der Waals surface area contributed by atoms with Gasteiger partial charge in [-0.1, -0.05) is 146 Å². The van der Waals surface area contributed by atoms with Crippen molar-refractivity contribution < 1.29 is 4.42 Å². The molecule has 0 bridgehead atoms. The zero-order valence-electron chi connectivity index (χ0n) is 30.7. The SMILES string of the molecule is c1ccc(C2N=C(c3cccc4c3sc3ccc(-c5cccc6c5oc5c(-n7c8ccccc8c8ccccc87)cccc56)cc34)NC(c3ccccc3)N2)cc1. The second kappa shape index (κ2) is 12.8. The summed E-state index contributed by atoms with van der Waals surface area (Å²) in [6.45, 7) is 0. The summed E-state index contributed by atoms with van der Waals surface area (Å²) < 4.78 is 11.8. The van der Waals surface area contributed by atoms with Crippen LogP contribution in [0.15, 0.2) is 191 Å². The molecule has 8 aromatic carbocycles. The molecule has 0 amide bonds. The first-order valence-electron chi connectivity index (χ1n) is 19.4. The van der Waals surface area contributed by atoms with E-state index in [1.165, 1.54) is 36.5 Å². The molecule has 0 aliphatic carbocycles. The summed E-state index contributed by atoms with van der Waals surface area (Å²) >= 11 is 1.82. The van der Waals surface area contributed by atoms with E-state index in [1.54, 1.807) is 0 Å². The second-order valence-corrected chi connectivity index (χ2v) is 15.8. The first-order valence-corrected chi connectivity index (χ1v) is 20.2. The molecular formula is C51H34N4OS. The lowest BCUT2D eigenvalue weighted by Gasteiger charge is -2.32. The van der Waals surface area contributed by atoms with E-state index in [0.29, 0.717) is 0 Å². The molecule has 1 aliphatic rings. The summed E-state index contributed by atoms with van der Waals surface area (Å²) in [4.78, 5) is 5.28. The Labute approximate surface area is 332 Å². The fraction of sp³-hybridized carbons (Fsp3) is 0.0392. The second-order valence-electron chi connectivity index (χ2n) is 14.7. The van der Waals surface area contributed by atoms with Crippen LogP contribution in [0.1, 0.15) is 29.0 Å². The monoisotopic (exact) mass is 750 g/mol. The van der Waals surface area contributed by atoms with E-state index in [4.69, 9.17) is 9.41 Å². The number of fused-ring (bicyclic) bond motifs is 9. The number of nitrogens with zero attached hydrogens (tertiary/aromatic N) is 2. The Morgan fingerprint density at radius 3 is 1.88 bits per heavy atom. The number of hydrogen-bond donors (Lipinski definition) is 2. The highest BCUT2D eigenvalue weighted by molar-refractivity contribution is 7.26. The van der Waals surface area contributed by atoms with Crippen molar-refractivity contribution in [3.05, 3.63) is 199 Å². The average Bonchev–Trinajstić information content (AvgIpc) is 3.96. The van der Waals surface area contributed by atoms with Crippen LogP contribution >= 0.6 is 11.3 Å². The van der Waals surface area contributed by atoms with Crippen molar-refractivity contribution in [3.63, 3.8) is 0 Å². The lowest BCUT2D eigenvalue weighted by atomic mass is 9.99. The normalized spacial score (nSPS) is 15.9. The number of furan rings is 1. The van der Waals surface area contributed by atoms with Crippen LogP contribution in [-0.2, 0) is 0 Å². The van der Waals surface area contributed by atoms with Gasteiger partial charge in [0.05, 0.1) is 16.7 Å². The summed E-state index contributed by atoms with van der Waals surface area (Å²) in [6, 6.07) is 64.8. The van der Waals surface area contributed by atoms with Crippen molar-refractivity contribution in [1.82, 2.24) is 15.2 Å². The van der Waals surface area contributed by atoms with Gasteiger partial charge in [0.1, 0.15) is 23.8 Å². The molecule has 0 saturated carbocycles. The molecule has 12 rings (SSSR count). The summed E-state index contributed by atoms with van der Waals surface area (Å²) in [7, 11) is 0. The maximum atomic E-state index is 7.02. The zero-order chi connectivity index (χ0) is 37.5. The van der Waals surface area contributed by atoms with Crippen molar-refractivity contribution in [2.24, 2.45) is 4.99 Å². The van der Waals surface area contributed by atoms with E-state index < -0.39 is 0 Å². The van der Waals surface area contributed by atoms with Crippen LogP contribution in [0.5, 0.6) is 0 Å². The number of aromatic nitrogens is 1. The fourth-order valence-electron chi connectivity index (χ4n) is 8.86. The third-order valence-electron chi connectivity index (χ3n) is 11.5. The van der Waals surface area contributed by atoms with Crippen molar-refractivity contribution in [1.29, 1.82) is 0 Å². The van der Waals surface area contributed by atoms with Crippen LogP contribution < -0.4 is 10.6 Å². The van der Waals surface area contributed by atoms with Crippen LogP contribution in [0.2, 0.25) is 0 Å². The Bertz CT molecular complexity index is 3320. The largest absolute Gasteiger partial charge is 0.453 e. The number of aliphatic imine (C=N–C) groups is 1. The Balaban J connectivity index is 0.997. The Hall–Kier alpha value is -6.99. The molecule has 2 unspecified atom stereocenters. The third kappa shape index (κ3) is 5.08. The van der Waals surface area contributed by atoms with Gasteiger partial charge in [-0.25, -0.2) is 4.99 Å². The molecule has 57 heavy (non-hydrogen) atoms. The molecule has 0 fully saturated rings. The molecule has 4 heterocycles. The van der Waals surface area contributed by atoms with Crippen LogP contribution in [-0.4, -0.2) is 10.4 Å². The number of nitrogens with one attached hydrogen (secondary N) is 2. The molecule has 1 aliphatic heterocycles. The number of benzene rings is 8. The van der Waals surface area contributed by atoms with Crippen molar-refractivity contribution >= 4 is 81.1 Å². The minimum absolute atomic E-state index is 0.0973. The van der Waals surface area contributed by atoms with Gasteiger partial charge in [0.15, 0.2) is 5.58 Å². The number of para-hydroxylation sites is 4. The predicted molar refractivity (Wildman–Crippen MR) is 238 cm³/mol. The maximum Gasteiger partial charge on any atom is 0.159 e. The molecule has 2 N–H and O–H groups in total. The van der Waals surface area contributed by atoms with Crippen LogP contribution in [0.4, 0.5) is 0 Å². The lowest BCUT2D eigenvalue weighted by molar-refractivity contribution is 0.409. The summed E-state index contributed by atoms with van der Waals surface area (Å²) in [5, 5.41) is 14.6. The molecule has 6 heteroatoms. The Kier molecular flexibility index (Phi) is 7.24. The first kappa shape index (κ1) is 32.3. The fourth-order valence-corrected chi connectivity index (χ4v) is 10.1. The van der Waals surface area contributed by atoms with E-state index in [2.05, 4.69) is 197 Å². The minimum atomic E-state index is -0.191. The molecule has 0 saturated heterocycles. The van der Waals surface area contributed by atoms with Crippen LogP contribution in [0, 0.1) is 0 Å². The smallest absolute Gasteiger partial charge is 0.159 e. The molecule has 11 aromatic rings. The van der Waals surface area contributed by atoms with Crippen molar-refractivity contribution in [2.45, 2.75) is 12.3 Å². The maximum absolute atomic E-state index is 7.02. The topological polar surface area (TPSA) is 54.5 Å². The molecule has 270 valence electrons. The van der Waals surface area contributed by atoms with Gasteiger partial charge in [-0.3, -0.25) is 5.32 Å². The Morgan fingerprint density at radius 1 is 0.509 bits per heavy atom. The highest BCUT2D eigenvalue weighted by Gasteiger charge is 2.27. The quantitative estimate of drug-likeness (QED) is 0.184. The van der Waals surface area contributed by atoms with Crippen molar-refractivity contribution in [2.75, 3.05) is 0 Å². The van der Waals surface area contributed by atoms with Gasteiger partial charge >= 0.3 is 0 Å². The first-order chi connectivity index (χ1) is 28.3. The van der Waals surface area contributed by atoms with Gasteiger partial charge in [-0.15, -0.1) is 11.3 Å². The molecule has 5 nitrogen and oxygen atoms in total. The van der Waals surface area contributed by atoms with E-state index in [-0.39, 0.29) is 12.3 Å². The number of hydrogen-bond acceptors (Lipinski definition) is 5. The van der Waals surface area contributed by atoms with Crippen LogP contribution in [0.3, 0.4) is 0 Å². The highest BCUT2D eigenvalue weighted by atomic mass is 32.1. The van der Waals surface area contributed by atoms with Gasteiger partial charge in [-0.05, 0) is 53.1 Å². The van der Waals surface area contributed by atoms with Gasteiger partial charge in [0, 0.05) is 52.8 Å². The third-order valence-corrected chi connectivity index (χ3v) is 12.7. The molecule has 2 atom stereocenters. The van der Waals surface area contributed by atoms with Crippen LogP contribution in [0.25, 0.3) is 80.7 Å². The predicted octanol–water partition coefficient (Wildman–Crippen LogP) is 13.1. The standard InChI is InChI=1S/C51H34N4OS/c1-3-14-31(15-4-1)49-52-50(32-16-5-2-6-17-32)54-51(53-49)40-24-12-23-39-41-30-33(28-29-45(41)57-48(39)40)34-20-11-21-37-38-22-13-27-44(47(38)56-46(34)37)55-42-25-9-7-18-35(42)36-19-8-10-26-43(36)55/h1-30,49-50,52H,(H,53,54). The summed E-state index contributed by atoms with van der Waals surface area (Å²) in [5.41, 5.74) is 10.8. The number of amidine groups is 1. The molecule has 3 aromatic heterocycles. The Morgan fingerprint density at radius 2 is 1.12 bits per heavy atom.